The van der Waals surface area contributed by atoms with E-state index in [4.69, 9.17) is 5.10 Å². The van der Waals surface area contributed by atoms with Crippen molar-refractivity contribution in [1.82, 2.24) is 24.9 Å². The summed E-state index contributed by atoms with van der Waals surface area (Å²) in [6.07, 6.45) is 7.25. The minimum absolute atomic E-state index is 0. The molecular formula is C31H47Cl2N5O4. The number of phenolic OH excluding ortho intramolecular Hbond substituents is 1. The first-order valence-corrected chi connectivity index (χ1v) is 15.1. The predicted octanol–water partition coefficient (Wildman–Crippen LogP) is 4.44. The SMILES string of the molecule is CCCCN1C(=O)[C@@H]([C@H](O)C2CCCCC2)NC(=O)C12CCN(Cc1c(C)nn(-c3ccc(O)cc3)c1C)CC2.Cl.Cl. The van der Waals surface area contributed by atoms with Crippen LogP contribution < -0.4 is 5.32 Å². The van der Waals surface area contributed by atoms with Gasteiger partial charge in [-0.15, -0.1) is 24.8 Å². The number of amides is 2. The molecule has 0 radical (unpaired) electrons. The smallest absolute Gasteiger partial charge is 0.248 e. The lowest BCUT2D eigenvalue weighted by Gasteiger charge is -2.52. The summed E-state index contributed by atoms with van der Waals surface area (Å²) in [7, 11) is 0. The fraction of sp³-hybridized carbons (Fsp3) is 0.645. The number of hydrogen-bond acceptors (Lipinski definition) is 6. The monoisotopic (exact) mass is 623 g/mol. The number of piperidine rings is 1. The number of hydrogen-bond donors (Lipinski definition) is 3. The predicted molar refractivity (Wildman–Crippen MR) is 168 cm³/mol. The summed E-state index contributed by atoms with van der Waals surface area (Å²) in [5.41, 5.74) is 3.22. The maximum Gasteiger partial charge on any atom is 0.248 e. The molecule has 2 saturated heterocycles. The summed E-state index contributed by atoms with van der Waals surface area (Å²) in [6.45, 7) is 8.84. The summed E-state index contributed by atoms with van der Waals surface area (Å²) < 4.78 is 1.91. The van der Waals surface area contributed by atoms with Gasteiger partial charge in [-0.25, -0.2) is 4.68 Å². The number of unbranched alkanes of at least 4 members (excludes halogenated alkanes) is 1. The van der Waals surface area contributed by atoms with Crippen molar-refractivity contribution in [1.29, 1.82) is 0 Å². The van der Waals surface area contributed by atoms with E-state index in [1.807, 2.05) is 28.6 Å². The minimum atomic E-state index is -0.855. The fourth-order valence-electron chi connectivity index (χ4n) is 7.01. The summed E-state index contributed by atoms with van der Waals surface area (Å²) in [5, 5.41) is 28.6. The van der Waals surface area contributed by atoms with Crippen LogP contribution in [0.5, 0.6) is 5.75 Å². The van der Waals surface area contributed by atoms with Crippen LogP contribution in [-0.4, -0.2) is 78.9 Å². The van der Waals surface area contributed by atoms with Crippen LogP contribution in [0.1, 0.15) is 81.7 Å². The Bertz CT molecular complexity index is 1210. The van der Waals surface area contributed by atoms with Gasteiger partial charge in [0.15, 0.2) is 0 Å². The van der Waals surface area contributed by atoms with Crippen LogP contribution in [0.15, 0.2) is 24.3 Å². The highest BCUT2D eigenvalue weighted by atomic mass is 35.5. The van der Waals surface area contributed by atoms with Crippen molar-refractivity contribution in [2.24, 2.45) is 5.92 Å². The Morgan fingerprint density at radius 3 is 2.31 bits per heavy atom. The van der Waals surface area contributed by atoms with Gasteiger partial charge < -0.3 is 20.4 Å². The molecule has 2 aliphatic heterocycles. The number of aromatic nitrogens is 2. The van der Waals surface area contributed by atoms with Crippen LogP contribution in [0.2, 0.25) is 0 Å². The van der Waals surface area contributed by atoms with Crippen molar-refractivity contribution in [3.8, 4) is 11.4 Å². The van der Waals surface area contributed by atoms with E-state index in [0.717, 1.165) is 67.7 Å². The molecule has 1 saturated carbocycles. The topological polar surface area (TPSA) is 111 Å². The summed E-state index contributed by atoms with van der Waals surface area (Å²) in [4.78, 5) is 31.8. The molecule has 5 rings (SSSR count). The number of benzene rings is 1. The molecule has 42 heavy (non-hydrogen) atoms. The molecule has 3 N–H and O–H groups in total. The molecule has 3 heterocycles. The molecule has 0 unspecified atom stereocenters. The van der Waals surface area contributed by atoms with Crippen LogP contribution in [0.25, 0.3) is 5.69 Å². The van der Waals surface area contributed by atoms with Crippen molar-refractivity contribution in [2.45, 2.75) is 103 Å². The van der Waals surface area contributed by atoms with Gasteiger partial charge in [0.2, 0.25) is 11.8 Å². The van der Waals surface area contributed by atoms with E-state index in [1.165, 1.54) is 6.42 Å². The highest BCUT2D eigenvalue weighted by Crippen LogP contribution is 2.37. The second-order valence-electron chi connectivity index (χ2n) is 12.1. The molecule has 2 aromatic rings. The molecule has 1 aliphatic carbocycles. The number of aromatic hydroxyl groups is 1. The van der Waals surface area contributed by atoms with E-state index >= 15 is 0 Å². The van der Waals surface area contributed by atoms with Crippen molar-refractivity contribution in [3.63, 3.8) is 0 Å². The summed E-state index contributed by atoms with van der Waals surface area (Å²) in [6, 6.07) is 6.19. The molecule has 1 spiro atoms. The van der Waals surface area contributed by atoms with E-state index in [-0.39, 0.29) is 48.3 Å². The normalized spacial score (nSPS) is 21.9. The van der Waals surface area contributed by atoms with Gasteiger partial charge in [0.25, 0.3) is 0 Å². The lowest BCUT2D eigenvalue weighted by molar-refractivity contribution is -0.166. The second-order valence-corrected chi connectivity index (χ2v) is 12.1. The molecule has 3 fully saturated rings. The van der Waals surface area contributed by atoms with Crippen LogP contribution in [0.4, 0.5) is 0 Å². The van der Waals surface area contributed by atoms with Gasteiger partial charge in [0, 0.05) is 37.4 Å². The maximum atomic E-state index is 13.9. The zero-order valence-corrected chi connectivity index (χ0v) is 26.7. The molecule has 9 nitrogen and oxygen atoms in total. The molecule has 2 amide bonds. The number of carbonyl (C=O) groups excluding carboxylic acids is 2. The number of aryl methyl sites for hydroxylation is 1. The van der Waals surface area contributed by atoms with Gasteiger partial charge >= 0.3 is 0 Å². The molecule has 11 heteroatoms. The lowest BCUT2D eigenvalue weighted by atomic mass is 9.78. The minimum Gasteiger partial charge on any atom is -0.508 e. The molecule has 1 aromatic heterocycles. The van der Waals surface area contributed by atoms with Crippen molar-refractivity contribution >= 4 is 36.6 Å². The molecule has 2 atom stereocenters. The van der Waals surface area contributed by atoms with E-state index in [9.17, 15) is 19.8 Å². The number of carbonyl (C=O) groups is 2. The van der Waals surface area contributed by atoms with Crippen molar-refractivity contribution < 1.29 is 19.8 Å². The number of halogens is 2. The maximum absolute atomic E-state index is 13.9. The van der Waals surface area contributed by atoms with E-state index in [2.05, 4.69) is 24.1 Å². The van der Waals surface area contributed by atoms with Crippen LogP contribution in [0, 0.1) is 19.8 Å². The summed E-state index contributed by atoms with van der Waals surface area (Å²) >= 11 is 0. The van der Waals surface area contributed by atoms with Crippen molar-refractivity contribution in [2.75, 3.05) is 19.6 Å². The highest BCUT2D eigenvalue weighted by molar-refractivity contribution is 6.00. The number of phenols is 1. The molecule has 1 aromatic carbocycles. The van der Waals surface area contributed by atoms with Gasteiger partial charge in [-0.3, -0.25) is 14.5 Å². The van der Waals surface area contributed by atoms with Crippen LogP contribution in [-0.2, 0) is 16.1 Å². The van der Waals surface area contributed by atoms with E-state index in [1.54, 1.807) is 12.1 Å². The highest BCUT2D eigenvalue weighted by Gasteiger charge is 2.55. The zero-order valence-electron chi connectivity index (χ0n) is 25.1. The van der Waals surface area contributed by atoms with Gasteiger partial charge in [-0.1, -0.05) is 32.6 Å². The number of nitrogens with one attached hydrogen (secondary N) is 1. The van der Waals surface area contributed by atoms with E-state index < -0.39 is 17.7 Å². The Morgan fingerprint density at radius 1 is 1.05 bits per heavy atom. The number of rotatable bonds is 8. The average molecular weight is 625 g/mol. The fourth-order valence-corrected chi connectivity index (χ4v) is 7.01. The Labute approximate surface area is 261 Å². The molecule has 0 bridgehead atoms. The largest absolute Gasteiger partial charge is 0.508 e. The number of aliphatic hydroxyl groups is 1. The molecular weight excluding hydrogens is 577 g/mol. The second kappa shape index (κ2) is 14.4. The van der Waals surface area contributed by atoms with Gasteiger partial charge in [0.05, 0.1) is 17.5 Å². The lowest BCUT2D eigenvalue weighted by Crippen LogP contribution is -2.75. The number of aliphatic hydroxyl groups excluding tert-OH is 1. The average Bonchev–Trinajstić information content (AvgIpc) is 3.25. The van der Waals surface area contributed by atoms with Gasteiger partial charge in [0.1, 0.15) is 17.3 Å². The van der Waals surface area contributed by atoms with Crippen molar-refractivity contribution in [3.05, 3.63) is 41.2 Å². The Hall–Kier alpha value is -2.33. The van der Waals surface area contributed by atoms with Crippen LogP contribution >= 0.6 is 24.8 Å². The quantitative estimate of drug-likeness (QED) is 0.401. The number of likely N-dealkylation sites (tertiary alicyclic amines) is 1. The zero-order chi connectivity index (χ0) is 28.4. The van der Waals surface area contributed by atoms with E-state index in [0.29, 0.717) is 32.5 Å². The summed E-state index contributed by atoms with van der Waals surface area (Å²) in [5.74, 6) is 0.0818. The Kier molecular flexibility index (Phi) is 11.7. The molecule has 3 aliphatic rings. The first kappa shape index (κ1) is 34.2. The van der Waals surface area contributed by atoms with Gasteiger partial charge in [-0.05, 0) is 76.1 Å². The third kappa shape index (κ3) is 6.59. The first-order valence-electron chi connectivity index (χ1n) is 15.1. The first-order chi connectivity index (χ1) is 19.2. The third-order valence-corrected chi connectivity index (χ3v) is 9.57. The van der Waals surface area contributed by atoms with Crippen LogP contribution in [0.3, 0.4) is 0 Å². The standard InChI is InChI=1S/C31H45N5O4.2ClH/c1-4-5-17-35-29(39)27(28(38)23-9-7-6-8-10-23)32-30(40)31(35)15-18-34(19-16-31)20-26-21(2)33-36(22(26)3)24-11-13-25(37)14-12-24;;/h11-14,23,27-28,37-38H,4-10,15-20H2,1-3H3,(H,32,40);2*1H/t27-,28-;;/m1../s1. The Balaban J connectivity index is 0.00000242. The Morgan fingerprint density at radius 2 is 1.69 bits per heavy atom. The van der Waals surface area contributed by atoms with Gasteiger partial charge in [-0.2, -0.15) is 5.10 Å². The number of piperazine rings is 1. The third-order valence-electron chi connectivity index (χ3n) is 9.57. The number of nitrogens with zero attached hydrogens (tertiary/aromatic N) is 4. The molecule has 234 valence electrons.